The lowest BCUT2D eigenvalue weighted by atomic mass is 10.3. The Hall–Kier alpha value is -1.43. The standard InChI is InChI=1S/C15H21N3O2/c1-19-9-8-18-14-5-3-2-4-13(14)16-15(18)12-17-6-10-20-11-7-17/h2-5H,6-12H2,1H3. The highest BCUT2D eigenvalue weighted by molar-refractivity contribution is 5.75. The largest absolute Gasteiger partial charge is 0.383 e. The summed E-state index contributed by atoms with van der Waals surface area (Å²) in [4.78, 5) is 7.18. The van der Waals surface area contributed by atoms with Crippen molar-refractivity contribution in [3.05, 3.63) is 30.1 Å². The van der Waals surface area contributed by atoms with Crippen LogP contribution < -0.4 is 0 Å². The summed E-state index contributed by atoms with van der Waals surface area (Å²) in [7, 11) is 1.74. The van der Waals surface area contributed by atoms with E-state index in [0.717, 1.165) is 50.7 Å². The Kier molecular flexibility index (Phi) is 4.30. The van der Waals surface area contributed by atoms with Gasteiger partial charge in [-0.25, -0.2) is 4.98 Å². The Morgan fingerprint density at radius 2 is 2.05 bits per heavy atom. The van der Waals surface area contributed by atoms with E-state index >= 15 is 0 Å². The second kappa shape index (κ2) is 6.35. The molecule has 1 aliphatic rings. The van der Waals surface area contributed by atoms with Gasteiger partial charge in [0.05, 0.1) is 37.4 Å². The molecule has 1 saturated heterocycles. The second-order valence-electron chi connectivity index (χ2n) is 5.05. The predicted molar refractivity (Wildman–Crippen MR) is 77.7 cm³/mol. The van der Waals surface area contributed by atoms with Crippen LogP contribution in [-0.2, 0) is 22.6 Å². The van der Waals surface area contributed by atoms with E-state index in [1.54, 1.807) is 7.11 Å². The average molecular weight is 275 g/mol. The van der Waals surface area contributed by atoms with Crippen LogP contribution in [0.2, 0.25) is 0 Å². The number of nitrogens with zero attached hydrogens (tertiary/aromatic N) is 3. The molecular weight excluding hydrogens is 254 g/mol. The van der Waals surface area contributed by atoms with Crippen LogP contribution >= 0.6 is 0 Å². The maximum atomic E-state index is 5.40. The molecule has 1 aromatic heterocycles. The van der Waals surface area contributed by atoms with Gasteiger partial charge in [-0.05, 0) is 12.1 Å². The average Bonchev–Trinajstić information content (AvgIpc) is 2.83. The smallest absolute Gasteiger partial charge is 0.124 e. The van der Waals surface area contributed by atoms with Crippen LogP contribution in [-0.4, -0.2) is 54.5 Å². The van der Waals surface area contributed by atoms with E-state index in [-0.39, 0.29) is 0 Å². The molecule has 1 fully saturated rings. The molecular formula is C15H21N3O2. The Morgan fingerprint density at radius 3 is 2.85 bits per heavy atom. The van der Waals surface area contributed by atoms with Gasteiger partial charge >= 0.3 is 0 Å². The number of fused-ring (bicyclic) bond motifs is 1. The van der Waals surface area contributed by atoms with E-state index in [9.17, 15) is 0 Å². The second-order valence-corrected chi connectivity index (χ2v) is 5.05. The third-order valence-electron chi connectivity index (χ3n) is 3.72. The quantitative estimate of drug-likeness (QED) is 0.829. The first kappa shape index (κ1) is 13.5. The van der Waals surface area contributed by atoms with Crippen LogP contribution in [0.4, 0.5) is 0 Å². The molecule has 0 bridgehead atoms. The van der Waals surface area contributed by atoms with Gasteiger partial charge < -0.3 is 14.0 Å². The zero-order valence-corrected chi connectivity index (χ0v) is 11.9. The first-order chi connectivity index (χ1) is 9.88. The minimum absolute atomic E-state index is 0.705. The van der Waals surface area contributed by atoms with Gasteiger partial charge in [0, 0.05) is 26.7 Å². The Morgan fingerprint density at radius 1 is 1.25 bits per heavy atom. The summed E-state index contributed by atoms with van der Waals surface area (Å²) >= 11 is 0. The third-order valence-corrected chi connectivity index (χ3v) is 3.72. The van der Waals surface area contributed by atoms with Crippen molar-refractivity contribution in [3.63, 3.8) is 0 Å². The summed E-state index contributed by atoms with van der Waals surface area (Å²) in [6.45, 7) is 6.02. The number of methoxy groups -OCH3 is 1. The summed E-state index contributed by atoms with van der Waals surface area (Å²) in [5.41, 5.74) is 2.25. The third kappa shape index (κ3) is 2.85. The minimum atomic E-state index is 0.705. The van der Waals surface area contributed by atoms with Crippen LogP contribution in [0.15, 0.2) is 24.3 Å². The number of hydrogen-bond donors (Lipinski definition) is 0. The van der Waals surface area contributed by atoms with Gasteiger partial charge in [0.1, 0.15) is 5.82 Å². The number of ether oxygens (including phenoxy) is 2. The highest BCUT2D eigenvalue weighted by Gasteiger charge is 2.16. The van der Waals surface area contributed by atoms with E-state index in [0.29, 0.717) is 6.61 Å². The molecule has 0 unspecified atom stereocenters. The lowest BCUT2D eigenvalue weighted by Crippen LogP contribution is -2.36. The van der Waals surface area contributed by atoms with Gasteiger partial charge in [0.2, 0.25) is 0 Å². The van der Waals surface area contributed by atoms with Gasteiger partial charge in [0.15, 0.2) is 0 Å². The maximum absolute atomic E-state index is 5.40. The molecule has 5 nitrogen and oxygen atoms in total. The van der Waals surface area contributed by atoms with Crippen LogP contribution in [0, 0.1) is 0 Å². The molecule has 20 heavy (non-hydrogen) atoms. The number of benzene rings is 1. The molecule has 0 radical (unpaired) electrons. The van der Waals surface area contributed by atoms with Gasteiger partial charge in [-0.1, -0.05) is 12.1 Å². The summed E-state index contributed by atoms with van der Waals surface area (Å²) in [6, 6.07) is 8.29. The van der Waals surface area contributed by atoms with Crippen molar-refractivity contribution in [2.45, 2.75) is 13.1 Å². The normalized spacial score (nSPS) is 16.9. The van der Waals surface area contributed by atoms with Crippen molar-refractivity contribution in [1.82, 2.24) is 14.5 Å². The number of hydrogen-bond acceptors (Lipinski definition) is 4. The fraction of sp³-hybridized carbons (Fsp3) is 0.533. The molecule has 0 aliphatic carbocycles. The highest BCUT2D eigenvalue weighted by Crippen LogP contribution is 2.17. The lowest BCUT2D eigenvalue weighted by Gasteiger charge is -2.26. The van der Waals surface area contributed by atoms with Crippen LogP contribution in [0.1, 0.15) is 5.82 Å². The predicted octanol–water partition coefficient (Wildman–Crippen LogP) is 1.51. The van der Waals surface area contributed by atoms with Crippen LogP contribution in [0.5, 0.6) is 0 Å². The SMILES string of the molecule is COCCn1c(CN2CCOCC2)nc2ccccc21. The molecule has 0 spiro atoms. The highest BCUT2D eigenvalue weighted by atomic mass is 16.5. The monoisotopic (exact) mass is 275 g/mol. The molecule has 1 aromatic carbocycles. The molecule has 0 N–H and O–H groups in total. The van der Waals surface area contributed by atoms with Crippen LogP contribution in [0.25, 0.3) is 11.0 Å². The molecule has 0 atom stereocenters. The van der Waals surface area contributed by atoms with Crippen molar-refractivity contribution in [1.29, 1.82) is 0 Å². The van der Waals surface area contributed by atoms with Gasteiger partial charge in [-0.3, -0.25) is 4.90 Å². The summed E-state index contributed by atoms with van der Waals surface area (Å²) in [5.74, 6) is 1.12. The molecule has 108 valence electrons. The first-order valence-electron chi connectivity index (χ1n) is 7.11. The Bertz CT molecular complexity index is 561. The zero-order valence-electron chi connectivity index (χ0n) is 11.9. The van der Waals surface area contributed by atoms with Crippen molar-refractivity contribution in [2.75, 3.05) is 40.0 Å². The Balaban J connectivity index is 1.87. The van der Waals surface area contributed by atoms with E-state index in [4.69, 9.17) is 14.5 Å². The number of para-hydroxylation sites is 2. The fourth-order valence-corrected chi connectivity index (χ4v) is 2.64. The van der Waals surface area contributed by atoms with E-state index in [1.807, 2.05) is 6.07 Å². The number of morpholine rings is 1. The van der Waals surface area contributed by atoms with Crippen molar-refractivity contribution in [3.8, 4) is 0 Å². The molecule has 1 aliphatic heterocycles. The van der Waals surface area contributed by atoms with Gasteiger partial charge in [0.25, 0.3) is 0 Å². The molecule has 2 heterocycles. The summed E-state index contributed by atoms with van der Waals surface area (Å²) in [6.07, 6.45) is 0. The lowest BCUT2D eigenvalue weighted by molar-refractivity contribution is 0.0325. The van der Waals surface area contributed by atoms with Gasteiger partial charge in [-0.2, -0.15) is 0 Å². The zero-order chi connectivity index (χ0) is 13.8. The number of aromatic nitrogens is 2. The maximum Gasteiger partial charge on any atom is 0.124 e. The van der Waals surface area contributed by atoms with E-state index < -0.39 is 0 Å². The summed E-state index contributed by atoms with van der Waals surface area (Å²) < 4.78 is 12.9. The summed E-state index contributed by atoms with van der Waals surface area (Å²) in [5, 5.41) is 0. The minimum Gasteiger partial charge on any atom is -0.383 e. The van der Waals surface area contributed by atoms with Gasteiger partial charge in [-0.15, -0.1) is 0 Å². The Labute approximate surface area is 119 Å². The fourth-order valence-electron chi connectivity index (χ4n) is 2.64. The van der Waals surface area contributed by atoms with E-state index in [1.165, 1.54) is 5.52 Å². The molecule has 2 aromatic rings. The van der Waals surface area contributed by atoms with Crippen LogP contribution in [0.3, 0.4) is 0 Å². The molecule has 0 amide bonds. The topological polar surface area (TPSA) is 39.5 Å². The van der Waals surface area contributed by atoms with Crippen molar-refractivity contribution in [2.24, 2.45) is 0 Å². The molecule has 3 rings (SSSR count). The number of rotatable bonds is 5. The number of imidazole rings is 1. The van der Waals surface area contributed by atoms with Crippen molar-refractivity contribution >= 4 is 11.0 Å². The van der Waals surface area contributed by atoms with Crippen molar-refractivity contribution < 1.29 is 9.47 Å². The molecule has 5 heteroatoms. The molecule has 0 saturated carbocycles. The van der Waals surface area contributed by atoms with E-state index in [2.05, 4.69) is 27.7 Å². The first-order valence-corrected chi connectivity index (χ1v) is 7.11.